The molecule has 122 valence electrons. The first-order valence-corrected chi connectivity index (χ1v) is 8.14. The maximum atomic E-state index is 12.5. The number of amides is 1. The van der Waals surface area contributed by atoms with Crippen molar-refractivity contribution in [2.45, 2.75) is 43.9 Å². The van der Waals surface area contributed by atoms with Gasteiger partial charge in [0.2, 0.25) is 11.8 Å². The molecule has 3 fully saturated rings. The van der Waals surface area contributed by atoms with Crippen molar-refractivity contribution in [2.24, 2.45) is 5.92 Å². The van der Waals surface area contributed by atoms with E-state index >= 15 is 0 Å². The Hall–Kier alpha value is -1.14. The van der Waals surface area contributed by atoms with Crippen molar-refractivity contribution >= 4 is 18.3 Å². The summed E-state index contributed by atoms with van der Waals surface area (Å²) in [4.78, 5) is 19.1. The van der Waals surface area contributed by atoms with Gasteiger partial charge in [-0.2, -0.15) is 4.98 Å². The molecule has 2 atom stereocenters. The third-order valence-corrected chi connectivity index (χ3v) is 4.89. The standard InChI is InChI=1S/C15H22N4O2.ClH/c20-15(11-5-6-16-8-11)19-7-1-2-12(9-19)13-17-14(21-18-13)10-3-4-10;/h10-12,16H,1-9H2;1H. The lowest BCUT2D eigenvalue weighted by Crippen LogP contribution is -2.43. The first kappa shape index (κ1) is 15.7. The molecule has 0 bridgehead atoms. The molecule has 1 amide bonds. The molecular weight excluding hydrogens is 304 g/mol. The minimum Gasteiger partial charge on any atom is -0.342 e. The van der Waals surface area contributed by atoms with Crippen LogP contribution in [0, 0.1) is 5.92 Å². The largest absolute Gasteiger partial charge is 0.342 e. The number of aromatic nitrogens is 2. The van der Waals surface area contributed by atoms with Gasteiger partial charge in [0, 0.05) is 31.5 Å². The van der Waals surface area contributed by atoms with E-state index in [1.165, 1.54) is 12.8 Å². The lowest BCUT2D eigenvalue weighted by molar-refractivity contribution is -0.136. The molecular formula is C15H23ClN4O2. The first-order valence-electron chi connectivity index (χ1n) is 8.14. The number of piperidine rings is 1. The number of hydrogen-bond donors (Lipinski definition) is 1. The van der Waals surface area contributed by atoms with E-state index in [0.29, 0.717) is 11.8 Å². The van der Waals surface area contributed by atoms with Crippen LogP contribution in [0.15, 0.2) is 4.52 Å². The number of halogens is 1. The van der Waals surface area contributed by atoms with Gasteiger partial charge in [-0.15, -0.1) is 12.4 Å². The van der Waals surface area contributed by atoms with Gasteiger partial charge in [-0.3, -0.25) is 4.79 Å². The van der Waals surface area contributed by atoms with Gasteiger partial charge in [0.25, 0.3) is 0 Å². The first-order chi connectivity index (χ1) is 10.3. The van der Waals surface area contributed by atoms with E-state index in [9.17, 15) is 4.79 Å². The zero-order valence-corrected chi connectivity index (χ0v) is 13.5. The Morgan fingerprint density at radius 3 is 2.82 bits per heavy atom. The molecule has 0 aromatic carbocycles. The highest BCUT2D eigenvalue weighted by molar-refractivity contribution is 5.85. The summed E-state index contributed by atoms with van der Waals surface area (Å²) in [5.41, 5.74) is 0. The van der Waals surface area contributed by atoms with Crippen molar-refractivity contribution in [2.75, 3.05) is 26.2 Å². The average molecular weight is 327 g/mol. The summed E-state index contributed by atoms with van der Waals surface area (Å²) in [6.07, 6.45) is 5.39. The van der Waals surface area contributed by atoms with E-state index in [1.807, 2.05) is 4.90 Å². The molecule has 2 unspecified atom stereocenters. The molecule has 1 saturated carbocycles. The maximum absolute atomic E-state index is 12.5. The molecule has 1 N–H and O–H groups in total. The van der Waals surface area contributed by atoms with Crippen LogP contribution in [0.2, 0.25) is 0 Å². The summed E-state index contributed by atoms with van der Waals surface area (Å²) >= 11 is 0. The Morgan fingerprint density at radius 2 is 2.09 bits per heavy atom. The molecule has 1 aliphatic carbocycles. The monoisotopic (exact) mass is 326 g/mol. The average Bonchev–Trinajstić information content (AvgIpc) is 3.05. The Balaban J connectivity index is 0.00000144. The number of nitrogens with one attached hydrogen (secondary N) is 1. The van der Waals surface area contributed by atoms with E-state index in [1.54, 1.807) is 0 Å². The number of rotatable bonds is 3. The van der Waals surface area contributed by atoms with Gasteiger partial charge in [0.05, 0.1) is 5.92 Å². The highest BCUT2D eigenvalue weighted by atomic mass is 35.5. The molecule has 2 aliphatic heterocycles. The van der Waals surface area contributed by atoms with Gasteiger partial charge >= 0.3 is 0 Å². The van der Waals surface area contributed by atoms with E-state index in [2.05, 4.69) is 15.5 Å². The summed E-state index contributed by atoms with van der Waals surface area (Å²) in [7, 11) is 0. The second kappa shape index (κ2) is 6.54. The molecule has 3 heterocycles. The highest BCUT2D eigenvalue weighted by Gasteiger charge is 2.34. The molecule has 1 aromatic rings. The molecule has 0 spiro atoms. The van der Waals surface area contributed by atoms with Crippen LogP contribution in [0.1, 0.15) is 55.7 Å². The Labute approximate surface area is 136 Å². The Morgan fingerprint density at radius 1 is 1.23 bits per heavy atom. The zero-order chi connectivity index (χ0) is 14.2. The van der Waals surface area contributed by atoms with Crippen LogP contribution in [0.3, 0.4) is 0 Å². The number of carbonyl (C=O) groups is 1. The van der Waals surface area contributed by atoms with Crippen LogP contribution in [-0.4, -0.2) is 47.1 Å². The molecule has 22 heavy (non-hydrogen) atoms. The van der Waals surface area contributed by atoms with Gasteiger partial charge in [0.15, 0.2) is 5.82 Å². The predicted octanol–water partition coefficient (Wildman–Crippen LogP) is 1.68. The third kappa shape index (κ3) is 3.13. The highest BCUT2D eigenvalue weighted by Crippen LogP contribution is 2.39. The topological polar surface area (TPSA) is 71.3 Å². The molecule has 2 saturated heterocycles. The van der Waals surface area contributed by atoms with Crippen molar-refractivity contribution in [1.29, 1.82) is 0 Å². The fraction of sp³-hybridized carbons (Fsp3) is 0.800. The minimum atomic E-state index is 0. The van der Waals surface area contributed by atoms with Crippen LogP contribution in [0.5, 0.6) is 0 Å². The summed E-state index contributed by atoms with van der Waals surface area (Å²) in [6, 6.07) is 0. The molecule has 6 nitrogen and oxygen atoms in total. The summed E-state index contributed by atoms with van der Waals surface area (Å²) in [6.45, 7) is 3.41. The molecule has 7 heteroatoms. The number of likely N-dealkylation sites (tertiary alicyclic amines) is 1. The molecule has 3 aliphatic rings. The van der Waals surface area contributed by atoms with E-state index < -0.39 is 0 Å². The fourth-order valence-electron chi connectivity index (χ4n) is 3.42. The Kier molecular flexibility index (Phi) is 4.68. The molecule has 0 radical (unpaired) electrons. The van der Waals surface area contributed by atoms with Crippen LogP contribution in [0.4, 0.5) is 0 Å². The molecule has 1 aromatic heterocycles. The van der Waals surface area contributed by atoms with Crippen molar-refractivity contribution in [3.05, 3.63) is 11.7 Å². The van der Waals surface area contributed by atoms with Crippen molar-refractivity contribution in [3.8, 4) is 0 Å². The number of nitrogens with zero attached hydrogens (tertiary/aromatic N) is 3. The van der Waals surface area contributed by atoms with Gasteiger partial charge in [-0.1, -0.05) is 5.16 Å². The van der Waals surface area contributed by atoms with E-state index in [0.717, 1.165) is 57.2 Å². The molecule has 4 rings (SSSR count). The van der Waals surface area contributed by atoms with Crippen molar-refractivity contribution < 1.29 is 9.32 Å². The van der Waals surface area contributed by atoms with Gasteiger partial charge in [-0.05, 0) is 38.6 Å². The maximum Gasteiger partial charge on any atom is 0.229 e. The lowest BCUT2D eigenvalue weighted by atomic mass is 9.95. The second-order valence-corrected chi connectivity index (χ2v) is 6.58. The predicted molar refractivity (Wildman–Crippen MR) is 83.1 cm³/mol. The van der Waals surface area contributed by atoms with E-state index in [4.69, 9.17) is 4.52 Å². The van der Waals surface area contributed by atoms with Crippen molar-refractivity contribution in [3.63, 3.8) is 0 Å². The Bertz CT molecular complexity index is 525. The summed E-state index contributed by atoms with van der Waals surface area (Å²) in [5.74, 6) is 2.81. The zero-order valence-electron chi connectivity index (χ0n) is 12.7. The SMILES string of the molecule is Cl.O=C(C1CCNC1)N1CCCC(c2noc(C3CC3)n2)C1. The summed E-state index contributed by atoms with van der Waals surface area (Å²) in [5, 5.41) is 7.43. The van der Waals surface area contributed by atoms with Gasteiger partial charge in [-0.25, -0.2) is 0 Å². The van der Waals surface area contributed by atoms with Crippen LogP contribution < -0.4 is 5.32 Å². The fourth-order valence-corrected chi connectivity index (χ4v) is 3.42. The second-order valence-electron chi connectivity index (χ2n) is 6.58. The van der Waals surface area contributed by atoms with Gasteiger partial charge in [0.1, 0.15) is 0 Å². The van der Waals surface area contributed by atoms with E-state index in [-0.39, 0.29) is 24.2 Å². The number of hydrogen-bond acceptors (Lipinski definition) is 5. The third-order valence-electron chi connectivity index (χ3n) is 4.89. The lowest BCUT2D eigenvalue weighted by Gasteiger charge is -2.32. The van der Waals surface area contributed by atoms with Gasteiger partial charge < -0.3 is 14.7 Å². The van der Waals surface area contributed by atoms with Crippen LogP contribution in [0.25, 0.3) is 0 Å². The van der Waals surface area contributed by atoms with Crippen LogP contribution in [-0.2, 0) is 4.79 Å². The number of carbonyl (C=O) groups excluding carboxylic acids is 1. The van der Waals surface area contributed by atoms with Crippen LogP contribution >= 0.6 is 12.4 Å². The summed E-state index contributed by atoms with van der Waals surface area (Å²) < 4.78 is 5.36. The smallest absolute Gasteiger partial charge is 0.229 e. The quantitative estimate of drug-likeness (QED) is 0.915. The normalized spacial score (nSPS) is 28.5. The van der Waals surface area contributed by atoms with Crippen molar-refractivity contribution in [1.82, 2.24) is 20.4 Å². The minimum absolute atomic E-state index is 0.